The minimum atomic E-state index is -1.52. The number of rotatable bonds is 4. The molecule has 0 unspecified atom stereocenters. The van der Waals surface area contributed by atoms with Gasteiger partial charge in [-0.1, -0.05) is 48.5 Å². The summed E-state index contributed by atoms with van der Waals surface area (Å²) in [5, 5.41) is 2.62. The van der Waals surface area contributed by atoms with E-state index < -0.39 is 5.67 Å². The second kappa shape index (κ2) is 7.71. The number of benzene rings is 2. The largest absolute Gasteiger partial charge is 0.334 e. The zero-order chi connectivity index (χ0) is 22.5. The Morgan fingerprint density at radius 2 is 1.81 bits per heavy atom. The first-order valence-electron chi connectivity index (χ1n) is 10.6. The average Bonchev–Trinajstić information content (AvgIpc) is 3.21. The van der Waals surface area contributed by atoms with Crippen LogP contribution in [0.2, 0.25) is 0 Å². The smallest absolute Gasteiger partial charge is 0.260 e. The van der Waals surface area contributed by atoms with Crippen molar-refractivity contribution in [3.8, 4) is 11.1 Å². The second-order valence-corrected chi connectivity index (χ2v) is 9.43. The highest BCUT2D eigenvalue weighted by Crippen LogP contribution is 2.36. The quantitative estimate of drug-likeness (QED) is 0.440. The van der Waals surface area contributed by atoms with Crippen molar-refractivity contribution < 1.29 is 9.18 Å². The van der Waals surface area contributed by atoms with Crippen LogP contribution >= 0.6 is 11.3 Å². The molecule has 0 saturated carbocycles. The summed E-state index contributed by atoms with van der Waals surface area (Å²) in [7, 11) is 0. The number of halogens is 1. The molecule has 0 spiro atoms. The molecule has 0 radical (unpaired) electrons. The van der Waals surface area contributed by atoms with Crippen LogP contribution in [0, 0.1) is 13.8 Å². The number of amides is 1. The molecule has 1 saturated heterocycles. The van der Waals surface area contributed by atoms with Crippen LogP contribution in [0.25, 0.3) is 21.2 Å². The number of aryl methyl sites for hydroxylation is 2. The number of alkyl halides is 1. The van der Waals surface area contributed by atoms with Gasteiger partial charge in [-0.15, -0.1) is 11.3 Å². The van der Waals surface area contributed by atoms with Crippen molar-refractivity contribution in [2.45, 2.75) is 26.1 Å². The summed E-state index contributed by atoms with van der Waals surface area (Å²) in [6.45, 7) is 4.04. The van der Waals surface area contributed by atoms with Crippen LogP contribution in [-0.2, 0) is 17.0 Å². The lowest BCUT2D eigenvalue weighted by Crippen LogP contribution is -2.59. The normalized spacial score (nSPS) is 15.0. The molecule has 0 aliphatic carbocycles. The van der Waals surface area contributed by atoms with Crippen molar-refractivity contribution in [1.82, 2.24) is 9.47 Å². The molecule has 6 heteroatoms. The first-order chi connectivity index (χ1) is 15.4. The first kappa shape index (κ1) is 20.6. The third-order valence-corrected chi connectivity index (χ3v) is 7.30. The molecule has 32 heavy (non-hydrogen) atoms. The molecule has 0 bridgehead atoms. The molecule has 2 aromatic heterocycles. The molecule has 4 nitrogen and oxygen atoms in total. The summed E-state index contributed by atoms with van der Waals surface area (Å²) in [5.74, 6) is -0.251. The Kier molecular flexibility index (Phi) is 4.97. The van der Waals surface area contributed by atoms with Crippen LogP contribution in [0.15, 0.2) is 71.0 Å². The van der Waals surface area contributed by atoms with Crippen LogP contribution in [0.4, 0.5) is 4.39 Å². The number of carbonyl (C=O) groups is 1. The van der Waals surface area contributed by atoms with Gasteiger partial charge in [-0.2, -0.15) is 0 Å². The van der Waals surface area contributed by atoms with Gasteiger partial charge in [-0.25, -0.2) is 4.39 Å². The number of fused-ring (bicyclic) bond motifs is 1. The van der Waals surface area contributed by atoms with Gasteiger partial charge in [0, 0.05) is 21.8 Å². The van der Waals surface area contributed by atoms with E-state index in [0.29, 0.717) is 10.9 Å². The Morgan fingerprint density at radius 3 is 2.53 bits per heavy atom. The van der Waals surface area contributed by atoms with E-state index in [1.54, 1.807) is 30.5 Å². The maximum atomic E-state index is 15.1. The lowest BCUT2D eigenvalue weighted by Gasteiger charge is -2.44. The predicted molar refractivity (Wildman–Crippen MR) is 127 cm³/mol. The fourth-order valence-corrected chi connectivity index (χ4v) is 5.18. The molecule has 1 amide bonds. The first-order valence-corrected chi connectivity index (χ1v) is 11.4. The fourth-order valence-electron chi connectivity index (χ4n) is 4.23. The molecular weight excluding hydrogens is 423 g/mol. The number of aromatic nitrogens is 1. The summed E-state index contributed by atoms with van der Waals surface area (Å²) in [6, 6.07) is 17.0. The van der Waals surface area contributed by atoms with Crippen molar-refractivity contribution in [2.24, 2.45) is 0 Å². The van der Waals surface area contributed by atoms with E-state index >= 15 is 4.39 Å². The van der Waals surface area contributed by atoms with Crippen molar-refractivity contribution in [1.29, 1.82) is 0 Å². The number of thiophene rings is 1. The van der Waals surface area contributed by atoms with Crippen LogP contribution in [-0.4, -0.2) is 28.5 Å². The number of carbonyl (C=O) groups excluding carboxylic acids is 1. The standard InChI is InChI=1S/C26H23FN2O2S/c1-17-8-9-19(12-18(17)2)21-14-32-22-10-11-28(25(31)24(21)22)13-23(30)29-15-26(27,16-29)20-6-4-3-5-7-20/h3-12,14H,13,15-16H2,1-2H3. The van der Waals surface area contributed by atoms with E-state index in [2.05, 4.69) is 26.0 Å². The van der Waals surface area contributed by atoms with E-state index in [-0.39, 0.29) is 31.1 Å². The SMILES string of the molecule is Cc1ccc(-c2csc3ccn(CC(=O)N4CC(F)(c5ccccc5)C4)c(=O)c23)cc1C. The van der Waals surface area contributed by atoms with Crippen LogP contribution in [0.1, 0.15) is 16.7 Å². The van der Waals surface area contributed by atoms with Crippen LogP contribution < -0.4 is 5.56 Å². The molecule has 3 heterocycles. The van der Waals surface area contributed by atoms with E-state index in [4.69, 9.17) is 0 Å². The Hall–Kier alpha value is -3.25. The summed E-state index contributed by atoms with van der Waals surface area (Å²) >= 11 is 1.52. The minimum Gasteiger partial charge on any atom is -0.334 e. The van der Waals surface area contributed by atoms with Crippen molar-refractivity contribution >= 4 is 27.3 Å². The molecule has 0 N–H and O–H groups in total. The van der Waals surface area contributed by atoms with Gasteiger partial charge in [-0.05, 0) is 42.2 Å². The Balaban J connectivity index is 1.40. The van der Waals surface area contributed by atoms with Gasteiger partial charge in [0.2, 0.25) is 5.91 Å². The van der Waals surface area contributed by atoms with Gasteiger partial charge in [0.1, 0.15) is 6.54 Å². The molecule has 1 aliphatic heterocycles. The fraction of sp³-hybridized carbons (Fsp3) is 0.231. The van der Waals surface area contributed by atoms with Gasteiger partial charge in [0.25, 0.3) is 5.56 Å². The zero-order valence-corrected chi connectivity index (χ0v) is 18.8. The topological polar surface area (TPSA) is 42.3 Å². The highest BCUT2D eigenvalue weighted by molar-refractivity contribution is 7.17. The Morgan fingerprint density at radius 1 is 1.06 bits per heavy atom. The molecule has 0 atom stereocenters. The van der Waals surface area contributed by atoms with E-state index in [0.717, 1.165) is 15.8 Å². The molecule has 2 aromatic carbocycles. The lowest BCUT2D eigenvalue weighted by atomic mass is 9.88. The molecule has 1 aliphatic rings. The molecule has 5 rings (SSSR count). The van der Waals surface area contributed by atoms with Gasteiger partial charge >= 0.3 is 0 Å². The van der Waals surface area contributed by atoms with E-state index in [1.807, 2.05) is 23.6 Å². The van der Waals surface area contributed by atoms with Gasteiger partial charge in [0.05, 0.1) is 18.5 Å². The van der Waals surface area contributed by atoms with Crippen LogP contribution in [0.5, 0.6) is 0 Å². The predicted octanol–water partition coefficient (Wildman–Crippen LogP) is 5.05. The average molecular weight is 447 g/mol. The molecule has 162 valence electrons. The maximum Gasteiger partial charge on any atom is 0.260 e. The highest BCUT2D eigenvalue weighted by atomic mass is 32.1. The summed E-state index contributed by atoms with van der Waals surface area (Å²) in [4.78, 5) is 27.5. The van der Waals surface area contributed by atoms with Gasteiger partial charge in [-0.3, -0.25) is 9.59 Å². The van der Waals surface area contributed by atoms with E-state index in [9.17, 15) is 9.59 Å². The van der Waals surface area contributed by atoms with Crippen molar-refractivity contribution in [2.75, 3.05) is 13.1 Å². The van der Waals surface area contributed by atoms with E-state index in [1.165, 1.54) is 31.9 Å². The number of pyridine rings is 1. The van der Waals surface area contributed by atoms with Gasteiger partial charge in [0.15, 0.2) is 5.67 Å². The monoisotopic (exact) mass is 446 g/mol. The van der Waals surface area contributed by atoms with Crippen molar-refractivity contribution in [3.05, 3.63) is 93.2 Å². The zero-order valence-electron chi connectivity index (χ0n) is 18.0. The highest BCUT2D eigenvalue weighted by Gasteiger charge is 2.46. The minimum absolute atomic E-state index is 0.0131. The number of likely N-dealkylation sites (tertiary alicyclic amines) is 1. The summed E-state index contributed by atoms with van der Waals surface area (Å²) < 4.78 is 17.4. The third-order valence-electron chi connectivity index (χ3n) is 6.35. The number of hydrogen-bond acceptors (Lipinski definition) is 3. The molecule has 4 aromatic rings. The molecule has 1 fully saturated rings. The maximum absolute atomic E-state index is 15.1. The van der Waals surface area contributed by atoms with Crippen molar-refractivity contribution in [3.63, 3.8) is 0 Å². The Labute approximate surface area is 189 Å². The van der Waals surface area contributed by atoms with Crippen LogP contribution in [0.3, 0.4) is 0 Å². The summed E-state index contributed by atoms with van der Waals surface area (Å²) in [6.07, 6.45) is 1.66. The summed E-state index contributed by atoms with van der Waals surface area (Å²) in [5.41, 5.74) is 3.11. The molecular formula is C26H23FN2O2S. The third kappa shape index (κ3) is 3.45. The number of nitrogens with zero attached hydrogens (tertiary/aromatic N) is 2. The number of hydrogen-bond donors (Lipinski definition) is 0. The Bertz CT molecular complexity index is 1380. The lowest BCUT2D eigenvalue weighted by molar-refractivity contribution is -0.147. The second-order valence-electron chi connectivity index (χ2n) is 8.52. The van der Waals surface area contributed by atoms with Gasteiger partial charge < -0.3 is 9.47 Å².